The SMILES string of the molecule is CCCCC(CC)CNC(=O)NC(=O)CCCC(=O)O. The Labute approximate surface area is 120 Å². The number of rotatable bonds is 10. The van der Waals surface area contributed by atoms with Gasteiger partial charge in [0.25, 0.3) is 0 Å². The van der Waals surface area contributed by atoms with Gasteiger partial charge in [-0.1, -0.05) is 33.1 Å². The largest absolute Gasteiger partial charge is 0.481 e. The predicted molar refractivity (Wildman–Crippen MR) is 76.3 cm³/mol. The number of carboxylic acids is 1. The molecule has 0 rings (SSSR count). The topological polar surface area (TPSA) is 95.5 Å². The van der Waals surface area contributed by atoms with Crippen LogP contribution in [-0.2, 0) is 9.59 Å². The summed E-state index contributed by atoms with van der Waals surface area (Å²) >= 11 is 0. The molecule has 3 N–H and O–H groups in total. The minimum atomic E-state index is -0.941. The second-order valence-electron chi connectivity index (χ2n) is 4.92. The first-order valence-corrected chi connectivity index (χ1v) is 7.29. The van der Waals surface area contributed by atoms with Gasteiger partial charge in [0.15, 0.2) is 0 Å². The molecule has 116 valence electrons. The molecular weight excluding hydrogens is 260 g/mol. The number of hydrogen-bond acceptors (Lipinski definition) is 3. The highest BCUT2D eigenvalue weighted by atomic mass is 16.4. The number of nitrogens with one attached hydrogen (secondary N) is 2. The van der Waals surface area contributed by atoms with E-state index in [-0.39, 0.29) is 19.3 Å². The zero-order valence-electron chi connectivity index (χ0n) is 12.4. The molecule has 0 saturated heterocycles. The second kappa shape index (κ2) is 11.3. The van der Waals surface area contributed by atoms with E-state index in [0.717, 1.165) is 25.7 Å². The zero-order chi connectivity index (χ0) is 15.4. The third-order valence-corrected chi connectivity index (χ3v) is 3.14. The summed E-state index contributed by atoms with van der Waals surface area (Å²) in [6.07, 6.45) is 4.55. The van der Waals surface area contributed by atoms with Crippen molar-refractivity contribution < 1.29 is 19.5 Å². The van der Waals surface area contributed by atoms with E-state index >= 15 is 0 Å². The van der Waals surface area contributed by atoms with Crippen LogP contribution in [0.2, 0.25) is 0 Å². The maximum atomic E-state index is 11.5. The Morgan fingerprint density at radius 2 is 1.80 bits per heavy atom. The van der Waals surface area contributed by atoms with Crippen LogP contribution >= 0.6 is 0 Å². The number of carbonyl (C=O) groups excluding carboxylic acids is 2. The third-order valence-electron chi connectivity index (χ3n) is 3.14. The van der Waals surface area contributed by atoms with Crippen LogP contribution in [0.15, 0.2) is 0 Å². The molecule has 0 aromatic rings. The summed E-state index contributed by atoms with van der Waals surface area (Å²) in [4.78, 5) is 33.1. The average Bonchev–Trinajstić information content (AvgIpc) is 2.38. The predicted octanol–water partition coefficient (Wildman–Crippen LogP) is 2.28. The molecular formula is C14H26N2O4. The minimum absolute atomic E-state index is 0.0484. The normalized spacial score (nSPS) is 11.7. The number of unbranched alkanes of at least 4 members (excludes halogenated alkanes) is 1. The summed E-state index contributed by atoms with van der Waals surface area (Å²) in [6, 6.07) is -0.500. The van der Waals surface area contributed by atoms with E-state index in [4.69, 9.17) is 5.11 Å². The van der Waals surface area contributed by atoms with E-state index in [2.05, 4.69) is 24.5 Å². The molecule has 20 heavy (non-hydrogen) atoms. The Hall–Kier alpha value is -1.59. The Bertz CT molecular complexity index is 318. The number of aliphatic carboxylic acids is 1. The summed E-state index contributed by atoms with van der Waals surface area (Å²) < 4.78 is 0. The molecule has 0 bridgehead atoms. The third kappa shape index (κ3) is 10.3. The van der Waals surface area contributed by atoms with E-state index in [1.807, 2.05) is 0 Å². The highest BCUT2D eigenvalue weighted by Gasteiger charge is 2.11. The van der Waals surface area contributed by atoms with Gasteiger partial charge in [-0.3, -0.25) is 14.9 Å². The second-order valence-corrected chi connectivity index (χ2v) is 4.92. The van der Waals surface area contributed by atoms with E-state index in [1.165, 1.54) is 0 Å². The molecule has 0 fully saturated rings. The number of amides is 3. The van der Waals surface area contributed by atoms with Crippen LogP contribution in [0.1, 0.15) is 58.8 Å². The maximum absolute atomic E-state index is 11.5. The Balaban J connectivity index is 3.80. The molecule has 1 unspecified atom stereocenters. The van der Waals surface area contributed by atoms with Crippen LogP contribution in [0.5, 0.6) is 0 Å². The molecule has 0 aliphatic carbocycles. The molecule has 1 atom stereocenters. The van der Waals surface area contributed by atoms with E-state index in [0.29, 0.717) is 12.5 Å². The van der Waals surface area contributed by atoms with Crippen molar-refractivity contribution in [1.29, 1.82) is 0 Å². The van der Waals surface area contributed by atoms with Gasteiger partial charge >= 0.3 is 12.0 Å². The molecule has 0 saturated carbocycles. The number of urea groups is 1. The zero-order valence-corrected chi connectivity index (χ0v) is 12.4. The van der Waals surface area contributed by atoms with Crippen molar-refractivity contribution in [3.05, 3.63) is 0 Å². The van der Waals surface area contributed by atoms with Gasteiger partial charge in [-0.25, -0.2) is 4.79 Å². The summed E-state index contributed by atoms with van der Waals surface area (Å²) in [5, 5.41) is 13.3. The number of carbonyl (C=O) groups is 3. The molecule has 0 heterocycles. The quantitative estimate of drug-likeness (QED) is 0.574. The molecule has 0 spiro atoms. The van der Waals surface area contributed by atoms with Gasteiger partial charge in [0.2, 0.25) is 5.91 Å². The lowest BCUT2D eigenvalue weighted by molar-refractivity contribution is -0.137. The van der Waals surface area contributed by atoms with E-state index in [1.54, 1.807) is 0 Å². The molecule has 0 aromatic heterocycles. The van der Waals surface area contributed by atoms with Crippen LogP contribution in [-0.4, -0.2) is 29.6 Å². The molecule has 0 aliphatic rings. The average molecular weight is 286 g/mol. The Kier molecular flexibility index (Phi) is 10.4. The summed E-state index contributed by atoms with van der Waals surface area (Å²) in [5.74, 6) is -0.947. The van der Waals surface area contributed by atoms with Gasteiger partial charge in [0.1, 0.15) is 0 Å². The van der Waals surface area contributed by atoms with Gasteiger partial charge < -0.3 is 10.4 Å². The van der Waals surface area contributed by atoms with Crippen LogP contribution in [0.25, 0.3) is 0 Å². The fourth-order valence-electron chi connectivity index (χ4n) is 1.81. The highest BCUT2D eigenvalue weighted by Crippen LogP contribution is 2.10. The first kappa shape index (κ1) is 18.4. The van der Waals surface area contributed by atoms with Gasteiger partial charge in [-0.2, -0.15) is 0 Å². The molecule has 6 heteroatoms. The summed E-state index contributed by atoms with van der Waals surface area (Å²) in [5.41, 5.74) is 0. The van der Waals surface area contributed by atoms with Gasteiger partial charge in [0, 0.05) is 19.4 Å². The van der Waals surface area contributed by atoms with Crippen molar-refractivity contribution in [2.45, 2.75) is 58.8 Å². The summed E-state index contributed by atoms with van der Waals surface area (Å²) in [7, 11) is 0. The number of imide groups is 1. The standard InChI is InChI=1S/C14H26N2O4/c1-3-5-7-11(4-2)10-15-14(20)16-12(17)8-6-9-13(18)19/h11H,3-10H2,1-2H3,(H,18,19)(H2,15,16,17,20). The van der Waals surface area contributed by atoms with Crippen molar-refractivity contribution in [1.82, 2.24) is 10.6 Å². The maximum Gasteiger partial charge on any atom is 0.321 e. The van der Waals surface area contributed by atoms with Crippen molar-refractivity contribution >= 4 is 17.9 Å². The first-order valence-electron chi connectivity index (χ1n) is 7.29. The highest BCUT2D eigenvalue weighted by molar-refractivity contribution is 5.94. The fourth-order valence-corrected chi connectivity index (χ4v) is 1.81. The molecule has 0 aliphatic heterocycles. The smallest absolute Gasteiger partial charge is 0.321 e. The van der Waals surface area contributed by atoms with Crippen molar-refractivity contribution in [3.63, 3.8) is 0 Å². The van der Waals surface area contributed by atoms with Gasteiger partial charge in [-0.15, -0.1) is 0 Å². The van der Waals surface area contributed by atoms with Crippen LogP contribution in [0.3, 0.4) is 0 Å². The van der Waals surface area contributed by atoms with Gasteiger partial charge in [0.05, 0.1) is 0 Å². The van der Waals surface area contributed by atoms with E-state index in [9.17, 15) is 14.4 Å². The molecule has 3 amide bonds. The lowest BCUT2D eigenvalue weighted by Crippen LogP contribution is -2.41. The van der Waals surface area contributed by atoms with Crippen molar-refractivity contribution in [2.75, 3.05) is 6.54 Å². The fraction of sp³-hybridized carbons (Fsp3) is 0.786. The molecule has 0 aromatic carbocycles. The minimum Gasteiger partial charge on any atom is -0.481 e. The Morgan fingerprint density at radius 3 is 2.35 bits per heavy atom. The summed E-state index contributed by atoms with van der Waals surface area (Å²) in [6.45, 7) is 4.77. The number of carboxylic acid groups (broad SMARTS) is 1. The molecule has 0 radical (unpaired) electrons. The van der Waals surface area contributed by atoms with Crippen LogP contribution in [0, 0.1) is 5.92 Å². The van der Waals surface area contributed by atoms with Crippen molar-refractivity contribution in [3.8, 4) is 0 Å². The van der Waals surface area contributed by atoms with Crippen molar-refractivity contribution in [2.24, 2.45) is 5.92 Å². The Morgan fingerprint density at radius 1 is 1.10 bits per heavy atom. The van der Waals surface area contributed by atoms with Crippen LogP contribution in [0.4, 0.5) is 4.79 Å². The lowest BCUT2D eigenvalue weighted by Gasteiger charge is -2.15. The molecule has 6 nitrogen and oxygen atoms in total. The first-order chi connectivity index (χ1) is 9.49. The van der Waals surface area contributed by atoms with Gasteiger partial charge in [-0.05, 0) is 18.8 Å². The van der Waals surface area contributed by atoms with E-state index < -0.39 is 17.9 Å². The van der Waals surface area contributed by atoms with Crippen LogP contribution < -0.4 is 10.6 Å². The lowest BCUT2D eigenvalue weighted by atomic mass is 9.99. The number of hydrogen-bond donors (Lipinski definition) is 3. The monoisotopic (exact) mass is 286 g/mol.